The first-order valence-electron chi connectivity index (χ1n) is 7.67. The Hall–Kier alpha value is -2.62. The Balaban J connectivity index is 1.71. The molecule has 1 aliphatic rings. The van der Waals surface area contributed by atoms with Crippen LogP contribution in [0.15, 0.2) is 42.5 Å². The quantitative estimate of drug-likeness (QED) is 0.904. The maximum atomic E-state index is 12.4. The van der Waals surface area contributed by atoms with Gasteiger partial charge in [0.1, 0.15) is 0 Å². The number of aryl methyl sites for hydroxylation is 2. The summed E-state index contributed by atoms with van der Waals surface area (Å²) in [7, 11) is 0. The Morgan fingerprint density at radius 1 is 1.09 bits per heavy atom. The van der Waals surface area contributed by atoms with Crippen molar-refractivity contribution in [2.45, 2.75) is 26.2 Å². The number of rotatable bonds is 4. The van der Waals surface area contributed by atoms with Gasteiger partial charge in [0, 0.05) is 5.92 Å². The molecule has 2 aromatic carbocycles. The number of benzene rings is 2. The smallest absolute Gasteiger partial charge is 0.337 e. The van der Waals surface area contributed by atoms with Crippen LogP contribution in [0.1, 0.15) is 39.4 Å². The molecule has 2 unspecified atom stereocenters. The molecule has 0 radical (unpaired) electrons. The molecule has 1 fully saturated rings. The summed E-state index contributed by atoms with van der Waals surface area (Å²) in [5, 5.41) is 11.9. The fourth-order valence-corrected chi connectivity index (χ4v) is 2.85. The molecule has 2 aromatic rings. The van der Waals surface area contributed by atoms with Gasteiger partial charge in [0.05, 0.1) is 11.3 Å². The molecule has 0 bridgehead atoms. The minimum absolute atomic E-state index is 0.0843. The van der Waals surface area contributed by atoms with E-state index in [-0.39, 0.29) is 23.3 Å². The van der Waals surface area contributed by atoms with E-state index in [1.165, 1.54) is 22.8 Å². The van der Waals surface area contributed by atoms with E-state index in [9.17, 15) is 9.59 Å². The molecule has 2 atom stereocenters. The number of aromatic carboxylic acids is 1. The number of nitrogens with one attached hydrogen (secondary N) is 1. The normalized spacial score (nSPS) is 19.2. The van der Waals surface area contributed by atoms with Crippen molar-refractivity contribution in [3.8, 4) is 0 Å². The molecule has 0 aromatic heterocycles. The number of carbonyl (C=O) groups is 2. The highest BCUT2D eigenvalue weighted by atomic mass is 16.4. The van der Waals surface area contributed by atoms with Crippen LogP contribution in [-0.2, 0) is 4.79 Å². The summed E-state index contributed by atoms with van der Waals surface area (Å²) in [6.07, 6.45) is 0.809. The van der Waals surface area contributed by atoms with Crippen LogP contribution in [0.25, 0.3) is 0 Å². The highest BCUT2D eigenvalue weighted by Crippen LogP contribution is 2.48. The Kier molecular flexibility index (Phi) is 3.90. The first-order chi connectivity index (χ1) is 11.0. The zero-order chi connectivity index (χ0) is 16.6. The number of anilines is 1. The predicted octanol–water partition coefficient (Wildman–Crippen LogP) is 3.74. The molecule has 1 amide bonds. The van der Waals surface area contributed by atoms with Crippen LogP contribution in [0, 0.1) is 19.8 Å². The standard InChI is InChI=1S/C19H19NO3/c1-11-7-8-13(9-12(11)2)15-10-16(15)18(21)20-17-6-4-3-5-14(17)19(22)23/h3-9,15-16H,10H2,1-2H3,(H,20,21)(H,22,23). The van der Waals surface area contributed by atoms with Gasteiger partial charge in [0.15, 0.2) is 0 Å². The summed E-state index contributed by atoms with van der Waals surface area (Å²) in [5.74, 6) is -1.01. The van der Waals surface area contributed by atoms with Gasteiger partial charge in [-0.25, -0.2) is 4.79 Å². The number of carboxylic acid groups (broad SMARTS) is 1. The fourth-order valence-electron chi connectivity index (χ4n) is 2.85. The van der Waals surface area contributed by atoms with Crippen molar-refractivity contribution < 1.29 is 14.7 Å². The van der Waals surface area contributed by atoms with E-state index in [2.05, 4.69) is 37.4 Å². The van der Waals surface area contributed by atoms with Crippen LogP contribution in [0.2, 0.25) is 0 Å². The molecular weight excluding hydrogens is 290 g/mol. The van der Waals surface area contributed by atoms with E-state index in [0.717, 1.165) is 6.42 Å². The third-order valence-corrected chi connectivity index (χ3v) is 4.50. The molecule has 1 saturated carbocycles. The van der Waals surface area contributed by atoms with Gasteiger partial charge in [-0.05, 0) is 55.0 Å². The molecule has 2 N–H and O–H groups in total. The van der Waals surface area contributed by atoms with Crippen LogP contribution < -0.4 is 5.32 Å². The van der Waals surface area contributed by atoms with Gasteiger partial charge >= 0.3 is 5.97 Å². The van der Waals surface area contributed by atoms with Gasteiger partial charge in [-0.3, -0.25) is 4.79 Å². The van der Waals surface area contributed by atoms with E-state index in [1.54, 1.807) is 18.2 Å². The van der Waals surface area contributed by atoms with Gasteiger partial charge in [0.2, 0.25) is 5.91 Å². The van der Waals surface area contributed by atoms with Gasteiger partial charge in [-0.15, -0.1) is 0 Å². The van der Waals surface area contributed by atoms with E-state index < -0.39 is 5.97 Å². The van der Waals surface area contributed by atoms with Crippen LogP contribution in [0.5, 0.6) is 0 Å². The molecule has 4 nitrogen and oxygen atoms in total. The molecular formula is C19H19NO3. The van der Waals surface area contributed by atoms with Gasteiger partial charge in [0.25, 0.3) is 0 Å². The number of hydrogen-bond donors (Lipinski definition) is 2. The third-order valence-electron chi connectivity index (χ3n) is 4.50. The van der Waals surface area contributed by atoms with Crippen molar-refractivity contribution >= 4 is 17.6 Å². The SMILES string of the molecule is Cc1ccc(C2CC2C(=O)Nc2ccccc2C(=O)O)cc1C. The molecule has 4 heteroatoms. The van der Waals surface area contributed by atoms with Crippen LogP contribution >= 0.6 is 0 Å². The molecule has 0 aliphatic heterocycles. The number of amides is 1. The average Bonchev–Trinajstić information content (AvgIpc) is 3.31. The summed E-state index contributed by atoms with van der Waals surface area (Å²) in [6.45, 7) is 4.14. The lowest BCUT2D eigenvalue weighted by Gasteiger charge is -2.08. The van der Waals surface area contributed by atoms with Crippen LogP contribution in [0.3, 0.4) is 0 Å². The molecule has 0 saturated heterocycles. The minimum atomic E-state index is -1.04. The van der Waals surface area contributed by atoms with Crippen molar-refractivity contribution in [3.63, 3.8) is 0 Å². The third kappa shape index (κ3) is 3.11. The highest BCUT2D eigenvalue weighted by molar-refractivity contribution is 6.02. The van der Waals surface area contributed by atoms with E-state index in [4.69, 9.17) is 5.11 Å². The maximum absolute atomic E-state index is 12.4. The van der Waals surface area contributed by atoms with E-state index in [0.29, 0.717) is 5.69 Å². The van der Waals surface area contributed by atoms with Crippen LogP contribution in [-0.4, -0.2) is 17.0 Å². The second kappa shape index (κ2) is 5.88. The van der Waals surface area contributed by atoms with Crippen molar-refractivity contribution in [1.29, 1.82) is 0 Å². The minimum Gasteiger partial charge on any atom is -0.478 e. The topological polar surface area (TPSA) is 66.4 Å². The summed E-state index contributed by atoms with van der Waals surface area (Å²) in [5.41, 5.74) is 4.12. The van der Waals surface area contributed by atoms with E-state index in [1.807, 2.05) is 0 Å². The molecule has 23 heavy (non-hydrogen) atoms. The molecule has 1 aliphatic carbocycles. The first-order valence-corrected chi connectivity index (χ1v) is 7.67. The summed E-state index contributed by atoms with van der Waals surface area (Å²) in [6, 6.07) is 12.8. The number of para-hydroxylation sites is 1. The summed E-state index contributed by atoms with van der Waals surface area (Å²) in [4.78, 5) is 23.6. The van der Waals surface area contributed by atoms with E-state index >= 15 is 0 Å². The predicted molar refractivity (Wildman–Crippen MR) is 88.8 cm³/mol. The maximum Gasteiger partial charge on any atom is 0.337 e. The van der Waals surface area contributed by atoms with Crippen molar-refractivity contribution in [1.82, 2.24) is 0 Å². The molecule has 0 heterocycles. The zero-order valence-corrected chi connectivity index (χ0v) is 13.2. The number of carbonyl (C=O) groups excluding carboxylic acids is 1. The van der Waals surface area contributed by atoms with Crippen molar-refractivity contribution in [2.75, 3.05) is 5.32 Å². The Labute approximate surface area is 135 Å². The average molecular weight is 309 g/mol. The number of hydrogen-bond acceptors (Lipinski definition) is 2. The first kappa shape index (κ1) is 15.3. The summed E-state index contributed by atoms with van der Waals surface area (Å²) >= 11 is 0. The van der Waals surface area contributed by atoms with Crippen LogP contribution in [0.4, 0.5) is 5.69 Å². The fraction of sp³-hybridized carbons (Fsp3) is 0.263. The molecule has 118 valence electrons. The monoisotopic (exact) mass is 309 g/mol. The Morgan fingerprint density at radius 3 is 2.52 bits per heavy atom. The molecule has 3 rings (SSSR count). The van der Waals surface area contributed by atoms with Gasteiger partial charge in [-0.1, -0.05) is 30.3 Å². The summed E-state index contributed by atoms with van der Waals surface area (Å²) < 4.78 is 0. The molecule has 0 spiro atoms. The largest absolute Gasteiger partial charge is 0.478 e. The Morgan fingerprint density at radius 2 is 1.83 bits per heavy atom. The van der Waals surface area contributed by atoms with Crippen molar-refractivity contribution in [2.24, 2.45) is 5.92 Å². The lowest BCUT2D eigenvalue weighted by atomic mass is 10.0. The lowest BCUT2D eigenvalue weighted by molar-refractivity contribution is -0.117. The highest BCUT2D eigenvalue weighted by Gasteiger charge is 2.44. The second-order valence-corrected chi connectivity index (χ2v) is 6.13. The van der Waals surface area contributed by atoms with Gasteiger partial charge < -0.3 is 10.4 Å². The second-order valence-electron chi connectivity index (χ2n) is 6.13. The van der Waals surface area contributed by atoms with Gasteiger partial charge in [-0.2, -0.15) is 0 Å². The number of carboxylic acids is 1. The zero-order valence-electron chi connectivity index (χ0n) is 13.2. The Bertz CT molecular complexity index is 782. The lowest BCUT2D eigenvalue weighted by Crippen LogP contribution is -2.17. The van der Waals surface area contributed by atoms with Crippen molar-refractivity contribution in [3.05, 3.63) is 64.7 Å².